The van der Waals surface area contributed by atoms with Crippen LogP contribution in [0.5, 0.6) is 5.75 Å². The third kappa shape index (κ3) is 3.64. The number of carbonyl (C=O) groups is 1. The largest absolute Gasteiger partial charge is 0.481 e. The molecule has 1 aromatic carbocycles. The van der Waals surface area contributed by atoms with Crippen LogP contribution in [0.1, 0.15) is 13.8 Å². The van der Waals surface area contributed by atoms with Crippen molar-refractivity contribution in [3.05, 3.63) is 22.2 Å². The van der Waals surface area contributed by atoms with Crippen molar-refractivity contribution >= 4 is 23.0 Å². The first-order valence-corrected chi connectivity index (χ1v) is 7.07. The molecule has 0 unspecified atom stereocenters. The first kappa shape index (κ1) is 16.0. The molecule has 22 heavy (non-hydrogen) atoms. The Morgan fingerprint density at radius 3 is 2.86 bits per heavy atom. The van der Waals surface area contributed by atoms with Gasteiger partial charge in [-0.05, 0) is 27.0 Å². The van der Waals surface area contributed by atoms with Gasteiger partial charge in [0.05, 0.1) is 16.7 Å². The monoisotopic (exact) mass is 308 g/mol. The predicted molar refractivity (Wildman–Crippen MR) is 83.5 cm³/mol. The average Bonchev–Trinajstić information content (AvgIpc) is 2.45. The van der Waals surface area contributed by atoms with Crippen LogP contribution < -0.4 is 15.4 Å². The molecule has 1 heterocycles. The number of amides is 1. The van der Waals surface area contributed by atoms with Crippen LogP contribution in [0.25, 0.3) is 0 Å². The van der Waals surface area contributed by atoms with E-state index in [0.717, 1.165) is 6.54 Å². The first-order chi connectivity index (χ1) is 10.4. The fourth-order valence-corrected chi connectivity index (χ4v) is 2.03. The Bertz CT molecular complexity index is 588. The number of ether oxygens (including phenoxy) is 1. The van der Waals surface area contributed by atoms with Gasteiger partial charge in [0.15, 0.2) is 12.4 Å². The van der Waals surface area contributed by atoms with Crippen molar-refractivity contribution in [1.82, 2.24) is 4.90 Å². The zero-order valence-electron chi connectivity index (χ0n) is 12.9. The first-order valence-electron chi connectivity index (χ1n) is 7.07. The van der Waals surface area contributed by atoms with Gasteiger partial charge in [-0.15, -0.1) is 0 Å². The minimum Gasteiger partial charge on any atom is -0.481 e. The molecule has 0 saturated carbocycles. The molecule has 2 N–H and O–H groups in total. The summed E-state index contributed by atoms with van der Waals surface area (Å²) in [5, 5.41) is 16.9. The number of nitrogens with zero attached hydrogens (tertiary/aromatic N) is 2. The summed E-state index contributed by atoms with van der Waals surface area (Å²) >= 11 is 0. The number of hydrogen-bond donors (Lipinski definition) is 2. The van der Waals surface area contributed by atoms with Gasteiger partial charge in [-0.25, -0.2) is 0 Å². The number of carbonyl (C=O) groups excluding carboxylic acids is 1. The molecule has 0 saturated heterocycles. The molecule has 0 aromatic heterocycles. The summed E-state index contributed by atoms with van der Waals surface area (Å²) in [5.41, 5.74) is 0.746. The summed E-state index contributed by atoms with van der Waals surface area (Å²) < 4.78 is 5.20. The van der Waals surface area contributed by atoms with Crippen molar-refractivity contribution in [3.63, 3.8) is 0 Å². The van der Waals surface area contributed by atoms with E-state index in [1.54, 1.807) is 6.07 Å². The third-order valence-corrected chi connectivity index (χ3v) is 3.59. The molecule has 0 aliphatic carbocycles. The van der Waals surface area contributed by atoms with E-state index < -0.39 is 4.92 Å². The minimum atomic E-state index is -0.464. The fraction of sp³-hybridized carbons (Fsp3) is 0.500. The molecule has 0 atom stereocenters. The van der Waals surface area contributed by atoms with Crippen LogP contribution in [-0.2, 0) is 4.79 Å². The Kier molecular flexibility index (Phi) is 4.81. The summed E-state index contributed by atoms with van der Waals surface area (Å²) in [4.78, 5) is 24.2. The molecule has 0 fully saturated rings. The second kappa shape index (κ2) is 6.61. The average molecular weight is 308 g/mol. The molecule has 8 heteroatoms. The van der Waals surface area contributed by atoms with Crippen molar-refractivity contribution in [3.8, 4) is 5.75 Å². The zero-order chi connectivity index (χ0) is 16.3. The summed E-state index contributed by atoms with van der Waals surface area (Å²) in [6.07, 6.45) is 0. The maximum atomic E-state index is 11.3. The van der Waals surface area contributed by atoms with E-state index in [1.807, 2.05) is 7.05 Å². The van der Waals surface area contributed by atoms with Crippen LogP contribution in [0.4, 0.5) is 17.1 Å². The van der Waals surface area contributed by atoms with Gasteiger partial charge in [0.25, 0.3) is 11.6 Å². The number of fused-ring (bicyclic) bond motifs is 1. The normalized spacial score (nSPS) is 13.6. The lowest BCUT2D eigenvalue weighted by Gasteiger charge is -2.22. The summed E-state index contributed by atoms with van der Waals surface area (Å²) in [5.74, 6) is 0.0444. The Morgan fingerprint density at radius 1 is 1.50 bits per heavy atom. The highest BCUT2D eigenvalue weighted by atomic mass is 16.6. The molecule has 1 aliphatic rings. The van der Waals surface area contributed by atoms with Crippen LogP contribution in [0.15, 0.2) is 12.1 Å². The minimum absolute atomic E-state index is 0.0675. The van der Waals surface area contributed by atoms with Gasteiger partial charge in [0.1, 0.15) is 5.69 Å². The number of hydrogen-bond acceptors (Lipinski definition) is 6. The number of nitrogens with one attached hydrogen (secondary N) is 2. The second-order valence-corrected chi connectivity index (χ2v) is 5.46. The molecule has 8 nitrogen and oxygen atoms in total. The fourth-order valence-electron chi connectivity index (χ4n) is 2.03. The van der Waals surface area contributed by atoms with Gasteiger partial charge in [0.2, 0.25) is 0 Å². The van der Waals surface area contributed by atoms with Crippen LogP contribution in [0, 0.1) is 10.1 Å². The maximum Gasteiger partial charge on any atom is 0.296 e. The van der Waals surface area contributed by atoms with E-state index in [0.29, 0.717) is 29.7 Å². The third-order valence-electron chi connectivity index (χ3n) is 3.59. The maximum absolute atomic E-state index is 11.3. The van der Waals surface area contributed by atoms with Gasteiger partial charge < -0.3 is 20.3 Å². The van der Waals surface area contributed by atoms with Gasteiger partial charge in [-0.2, -0.15) is 0 Å². The molecule has 2 rings (SSSR count). The number of anilines is 2. The lowest BCUT2D eigenvalue weighted by atomic mass is 10.2. The number of likely N-dealkylation sites (N-methyl/N-ethyl adjacent to an activating group) is 1. The quantitative estimate of drug-likeness (QED) is 0.613. The molecular weight excluding hydrogens is 288 g/mol. The van der Waals surface area contributed by atoms with E-state index >= 15 is 0 Å². The summed E-state index contributed by atoms with van der Waals surface area (Å²) in [6.45, 7) is 5.33. The molecule has 120 valence electrons. The van der Waals surface area contributed by atoms with Gasteiger partial charge in [-0.1, -0.05) is 0 Å². The standard InChI is InChI=1S/C14H20N4O4/c1-9(2)17(3)5-4-15-10-6-11-13(7-12(10)18(20)21)22-8-14(19)16-11/h6-7,9,15H,4-5,8H2,1-3H3,(H,16,19). The lowest BCUT2D eigenvalue weighted by Crippen LogP contribution is -2.31. The number of rotatable bonds is 6. The second-order valence-electron chi connectivity index (χ2n) is 5.46. The van der Waals surface area contributed by atoms with Crippen molar-refractivity contribution in [1.29, 1.82) is 0 Å². The van der Waals surface area contributed by atoms with E-state index in [2.05, 4.69) is 29.4 Å². The highest BCUT2D eigenvalue weighted by Gasteiger charge is 2.23. The Labute approximate surface area is 128 Å². The van der Waals surface area contributed by atoms with Gasteiger partial charge in [-0.3, -0.25) is 14.9 Å². The summed E-state index contributed by atoms with van der Waals surface area (Å²) in [6, 6.07) is 3.27. The molecule has 0 radical (unpaired) electrons. The number of nitro benzene ring substituents is 1. The van der Waals surface area contributed by atoms with Crippen molar-refractivity contribution < 1.29 is 14.5 Å². The predicted octanol–water partition coefficient (Wildman–Crippen LogP) is 1.68. The van der Waals surface area contributed by atoms with Crippen LogP contribution >= 0.6 is 0 Å². The topological polar surface area (TPSA) is 96.7 Å². The number of nitro groups is 1. The van der Waals surface area contributed by atoms with Crippen molar-refractivity contribution in [2.24, 2.45) is 0 Å². The zero-order valence-corrected chi connectivity index (χ0v) is 12.9. The van der Waals surface area contributed by atoms with E-state index in [4.69, 9.17) is 4.74 Å². The Morgan fingerprint density at radius 2 is 2.23 bits per heavy atom. The molecular formula is C14H20N4O4. The summed E-state index contributed by atoms with van der Waals surface area (Å²) in [7, 11) is 1.99. The highest BCUT2D eigenvalue weighted by Crippen LogP contribution is 2.37. The van der Waals surface area contributed by atoms with Crippen molar-refractivity contribution in [2.75, 3.05) is 37.4 Å². The molecule has 1 aromatic rings. The number of benzene rings is 1. The van der Waals surface area contributed by atoms with Crippen LogP contribution in [0.2, 0.25) is 0 Å². The highest BCUT2D eigenvalue weighted by molar-refractivity contribution is 5.96. The van der Waals surface area contributed by atoms with E-state index in [9.17, 15) is 14.9 Å². The molecule has 0 bridgehead atoms. The van der Waals surface area contributed by atoms with E-state index in [-0.39, 0.29) is 18.2 Å². The van der Waals surface area contributed by atoms with E-state index in [1.165, 1.54) is 6.07 Å². The lowest BCUT2D eigenvalue weighted by molar-refractivity contribution is -0.384. The van der Waals surface area contributed by atoms with Crippen LogP contribution in [-0.4, -0.2) is 48.5 Å². The van der Waals surface area contributed by atoms with Crippen molar-refractivity contribution in [2.45, 2.75) is 19.9 Å². The van der Waals surface area contributed by atoms with Gasteiger partial charge in [0, 0.05) is 19.1 Å². The van der Waals surface area contributed by atoms with Gasteiger partial charge >= 0.3 is 0 Å². The Balaban J connectivity index is 2.16. The smallest absolute Gasteiger partial charge is 0.296 e. The molecule has 0 spiro atoms. The Hall–Kier alpha value is -2.35. The SMILES string of the molecule is CC(C)N(C)CCNc1cc2c(cc1[N+](=O)[O-])OCC(=O)N2. The molecule has 1 amide bonds. The van der Waals surface area contributed by atoms with Crippen LogP contribution in [0.3, 0.4) is 0 Å². The molecule has 1 aliphatic heterocycles.